The molecule has 0 atom stereocenters. The van der Waals surface area contributed by atoms with Gasteiger partial charge in [0, 0.05) is 11.1 Å². The summed E-state index contributed by atoms with van der Waals surface area (Å²) in [4.78, 5) is 4.28. The number of hydrogen-bond acceptors (Lipinski definition) is 4. The molecule has 0 amide bonds. The molecule has 1 aromatic heterocycles. The Labute approximate surface area is 160 Å². The Kier molecular flexibility index (Phi) is 4.97. The zero-order valence-corrected chi connectivity index (χ0v) is 15.1. The maximum absolute atomic E-state index is 13.6. The second-order valence-corrected chi connectivity index (χ2v) is 6.10. The van der Waals surface area contributed by atoms with Gasteiger partial charge in [-0.3, -0.25) is 0 Å². The summed E-state index contributed by atoms with van der Waals surface area (Å²) in [6.07, 6.45) is -4.58. The summed E-state index contributed by atoms with van der Waals surface area (Å²) in [6, 6.07) is 13.9. The van der Waals surface area contributed by atoms with Gasteiger partial charge in [-0.05, 0) is 48.4 Å². The number of halogens is 3. The van der Waals surface area contributed by atoms with Crippen LogP contribution in [0.2, 0.25) is 0 Å². The van der Waals surface area contributed by atoms with E-state index >= 15 is 0 Å². The van der Waals surface area contributed by atoms with Crippen molar-refractivity contribution in [3.8, 4) is 34.2 Å². The summed E-state index contributed by atoms with van der Waals surface area (Å²) >= 11 is 0. The minimum absolute atomic E-state index is 0.0774. The minimum Gasteiger partial charge on any atom is -0.497 e. The van der Waals surface area contributed by atoms with Crippen molar-refractivity contribution in [2.75, 3.05) is 12.8 Å². The van der Waals surface area contributed by atoms with Crippen LogP contribution in [0, 0.1) is 18.3 Å². The molecule has 0 fully saturated rings. The molecular formula is C21H16F3N3O. The molecule has 0 unspecified atom stereocenters. The zero-order chi connectivity index (χ0) is 20.5. The van der Waals surface area contributed by atoms with Crippen LogP contribution in [-0.2, 0) is 6.18 Å². The molecule has 0 saturated heterocycles. The quantitative estimate of drug-likeness (QED) is 0.674. The number of anilines is 1. The highest BCUT2D eigenvalue weighted by atomic mass is 19.4. The van der Waals surface area contributed by atoms with Crippen LogP contribution < -0.4 is 10.5 Å². The number of benzene rings is 2. The van der Waals surface area contributed by atoms with Gasteiger partial charge in [-0.2, -0.15) is 18.4 Å². The number of nitrogens with zero attached hydrogens (tertiary/aromatic N) is 2. The second kappa shape index (κ2) is 7.24. The monoisotopic (exact) mass is 383 g/mol. The number of aromatic nitrogens is 1. The molecule has 2 aromatic carbocycles. The van der Waals surface area contributed by atoms with E-state index in [-0.39, 0.29) is 22.5 Å². The van der Waals surface area contributed by atoms with Gasteiger partial charge in [0.2, 0.25) is 0 Å². The molecule has 0 aliphatic carbocycles. The number of methoxy groups -OCH3 is 1. The van der Waals surface area contributed by atoms with Crippen molar-refractivity contribution in [3.63, 3.8) is 0 Å². The number of nitriles is 1. The summed E-state index contributed by atoms with van der Waals surface area (Å²) in [7, 11) is 1.53. The number of nitrogen functional groups attached to an aromatic ring is 1. The first-order chi connectivity index (χ1) is 13.3. The second-order valence-electron chi connectivity index (χ2n) is 6.10. The first kappa shape index (κ1) is 19.2. The van der Waals surface area contributed by atoms with Crippen molar-refractivity contribution in [1.29, 1.82) is 5.26 Å². The zero-order valence-electron chi connectivity index (χ0n) is 15.1. The summed E-state index contributed by atoms with van der Waals surface area (Å²) in [5.41, 5.74) is 6.57. The Morgan fingerprint density at radius 2 is 1.71 bits per heavy atom. The Hall–Kier alpha value is -3.53. The lowest BCUT2D eigenvalue weighted by Gasteiger charge is -2.18. The van der Waals surface area contributed by atoms with Gasteiger partial charge < -0.3 is 10.5 Å². The van der Waals surface area contributed by atoms with Crippen LogP contribution in [0.15, 0.2) is 48.5 Å². The van der Waals surface area contributed by atoms with E-state index in [4.69, 9.17) is 10.5 Å². The topological polar surface area (TPSA) is 71.9 Å². The fraction of sp³-hybridized carbons (Fsp3) is 0.143. The normalized spacial score (nSPS) is 11.1. The smallest absolute Gasteiger partial charge is 0.417 e. The highest BCUT2D eigenvalue weighted by molar-refractivity contribution is 5.85. The van der Waals surface area contributed by atoms with Crippen LogP contribution in [0.4, 0.5) is 19.0 Å². The largest absolute Gasteiger partial charge is 0.497 e. The summed E-state index contributed by atoms with van der Waals surface area (Å²) in [5, 5.41) is 9.54. The van der Waals surface area contributed by atoms with Crippen LogP contribution in [0.1, 0.15) is 16.7 Å². The van der Waals surface area contributed by atoms with Crippen molar-refractivity contribution in [2.24, 2.45) is 0 Å². The fourth-order valence-electron chi connectivity index (χ4n) is 3.12. The maximum atomic E-state index is 13.6. The first-order valence-corrected chi connectivity index (χ1v) is 8.29. The lowest BCUT2D eigenvalue weighted by molar-refractivity contribution is -0.137. The predicted octanol–water partition coefficient (Wildman–Crippen LogP) is 5.21. The SMILES string of the molecule is COc1ccc(-c2nc(N)c(C#N)c(-c3ccccc3C(F)(F)F)c2C)cc1. The van der Waals surface area contributed by atoms with Crippen LogP contribution >= 0.6 is 0 Å². The molecule has 0 aliphatic heterocycles. The fourth-order valence-corrected chi connectivity index (χ4v) is 3.12. The van der Waals surface area contributed by atoms with Gasteiger partial charge in [0.1, 0.15) is 23.2 Å². The van der Waals surface area contributed by atoms with Crippen molar-refractivity contribution in [3.05, 3.63) is 65.2 Å². The molecule has 1 heterocycles. The predicted molar refractivity (Wildman–Crippen MR) is 101 cm³/mol. The van der Waals surface area contributed by atoms with Gasteiger partial charge in [0.05, 0.1) is 18.4 Å². The summed E-state index contributed by atoms with van der Waals surface area (Å²) < 4.78 is 45.8. The third-order valence-corrected chi connectivity index (χ3v) is 4.45. The van der Waals surface area contributed by atoms with Crippen LogP contribution in [0.5, 0.6) is 5.75 Å². The van der Waals surface area contributed by atoms with E-state index in [1.54, 1.807) is 31.2 Å². The number of nitrogens with two attached hydrogens (primary N) is 1. The number of ether oxygens (including phenoxy) is 1. The summed E-state index contributed by atoms with van der Waals surface area (Å²) in [5.74, 6) is 0.511. The number of pyridine rings is 1. The molecule has 0 bridgehead atoms. The highest BCUT2D eigenvalue weighted by Gasteiger charge is 2.35. The van der Waals surface area contributed by atoms with E-state index in [9.17, 15) is 18.4 Å². The van der Waals surface area contributed by atoms with Gasteiger partial charge in [-0.15, -0.1) is 0 Å². The average Bonchev–Trinajstić information content (AvgIpc) is 2.68. The van der Waals surface area contributed by atoms with Crippen LogP contribution in [-0.4, -0.2) is 12.1 Å². The van der Waals surface area contributed by atoms with Gasteiger partial charge in [0.15, 0.2) is 0 Å². The maximum Gasteiger partial charge on any atom is 0.417 e. The van der Waals surface area contributed by atoms with E-state index in [0.29, 0.717) is 22.6 Å². The standard InChI is InChI=1S/C21H16F3N3O/c1-12-18(15-5-3-4-6-17(15)21(22,23)24)16(11-25)20(26)27-19(12)13-7-9-14(28-2)10-8-13/h3-10H,1-2H3,(H2,26,27). The van der Waals surface area contributed by atoms with Crippen molar-refractivity contribution in [1.82, 2.24) is 4.98 Å². The Morgan fingerprint density at radius 3 is 2.29 bits per heavy atom. The van der Waals surface area contributed by atoms with E-state index in [2.05, 4.69) is 4.98 Å². The van der Waals surface area contributed by atoms with Gasteiger partial charge in [-0.1, -0.05) is 18.2 Å². The molecule has 142 valence electrons. The molecular weight excluding hydrogens is 367 g/mol. The Balaban J connectivity index is 2.34. The molecule has 7 heteroatoms. The molecule has 0 radical (unpaired) electrons. The molecule has 2 N–H and O–H groups in total. The molecule has 3 aromatic rings. The first-order valence-electron chi connectivity index (χ1n) is 8.29. The molecule has 0 saturated carbocycles. The van der Waals surface area contributed by atoms with Crippen molar-refractivity contribution < 1.29 is 17.9 Å². The van der Waals surface area contributed by atoms with E-state index in [1.165, 1.54) is 25.3 Å². The molecule has 28 heavy (non-hydrogen) atoms. The van der Waals surface area contributed by atoms with Gasteiger partial charge in [0.25, 0.3) is 0 Å². The van der Waals surface area contributed by atoms with Crippen molar-refractivity contribution in [2.45, 2.75) is 13.1 Å². The van der Waals surface area contributed by atoms with Crippen LogP contribution in [0.3, 0.4) is 0 Å². The molecule has 4 nitrogen and oxygen atoms in total. The van der Waals surface area contributed by atoms with Crippen molar-refractivity contribution >= 4 is 5.82 Å². The molecule has 0 aliphatic rings. The molecule has 0 spiro atoms. The van der Waals surface area contributed by atoms with Gasteiger partial charge in [-0.25, -0.2) is 4.98 Å². The van der Waals surface area contributed by atoms with E-state index in [1.807, 2.05) is 6.07 Å². The molecule has 3 rings (SSSR count). The third kappa shape index (κ3) is 3.37. The highest BCUT2D eigenvalue weighted by Crippen LogP contribution is 2.42. The average molecular weight is 383 g/mol. The minimum atomic E-state index is -4.58. The van der Waals surface area contributed by atoms with Gasteiger partial charge >= 0.3 is 6.18 Å². The third-order valence-electron chi connectivity index (χ3n) is 4.45. The number of alkyl halides is 3. The number of rotatable bonds is 3. The Bertz CT molecular complexity index is 1070. The van der Waals surface area contributed by atoms with E-state index in [0.717, 1.165) is 6.07 Å². The summed E-state index contributed by atoms with van der Waals surface area (Å²) in [6.45, 7) is 1.63. The Morgan fingerprint density at radius 1 is 1.07 bits per heavy atom. The lowest BCUT2D eigenvalue weighted by atomic mass is 9.90. The lowest BCUT2D eigenvalue weighted by Crippen LogP contribution is -2.10. The van der Waals surface area contributed by atoms with E-state index < -0.39 is 11.7 Å². The van der Waals surface area contributed by atoms with Crippen LogP contribution in [0.25, 0.3) is 22.4 Å². The number of hydrogen-bond donors (Lipinski definition) is 1.